The molecule has 0 N–H and O–H groups in total. The van der Waals surface area contributed by atoms with Gasteiger partial charge in [-0.25, -0.2) is 4.39 Å². The maximum atomic E-state index is 14.0. The highest BCUT2D eigenvalue weighted by atomic mass is 35.5. The first kappa shape index (κ1) is 12.7. The van der Waals surface area contributed by atoms with E-state index in [1.807, 2.05) is 6.07 Å². The molecule has 0 aliphatic carbocycles. The van der Waals surface area contributed by atoms with E-state index in [4.69, 9.17) is 11.6 Å². The average molecular weight is 256 g/mol. The van der Waals surface area contributed by atoms with Crippen LogP contribution in [0.4, 0.5) is 10.1 Å². The summed E-state index contributed by atoms with van der Waals surface area (Å²) in [6.45, 7) is 5.35. The fourth-order valence-electron chi connectivity index (χ4n) is 2.73. The van der Waals surface area contributed by atoms with Crippen molar-refractivity contribution in [1.82, 2.24) is 0 Å². The molecule has 3 heteroatoms. The maximum Gasteiger partial charge on any atom is 0.146 e. The van der Waals surface area contributed by atoms with Gasteiger partial charge >= 0.3 is 0 Å². The van der Waals surface area contributed by atoms with Crippen molar-refractivity contribution in [2.75, 3.05) is 11.4 Å². The highest BCUT2D eigenvalue weighted by molar-refractivity contribution is 6.17. The van der Waals surface area contributed by atoms with Crippen LogP contribution in [0.3, 0.4) is 0 Å². The molecule has 94 valence electrons. The van der Waals surface area contributed by atoms with E-state index in [1.165, 1.54) is 6.07 Å². The molecular weight excluding hydrogens is 237 g/mol. The van der Waals surface area contributed by atoms with E-state index in [0.717, 1.165) is 30.9 Å². The van der Waals surface area contributed by atoms with E-state index < -0.39 is 0 Å². The van der Waals surface area contributed by atoms with Gasteiger partial charge in [0.15, 0.2) is 0 Å². The van der Waals surface area contributed by atoms with Gasteiger partial charge in [-0.3, -0.25) is 0 Å². The quantitative estimate of drug-likeness (QED) is 0.717. The number of hydrogen-bond acceptors (Lipinski definition) is 1. The number of halogens is 2. The third kappa shape index (κ3) is 2.57. The predicted octanol–water partition coefficient (Wildman–Crippen LogP) is 4.19. The number of anilines is 1. The number of para-hydroxylation sites is 1. The lowest BCUT2D eigenvalue weighted by molar-refractivity contribution is 0.374. The summed E-state index contributed by atoms with van der Waals surface area (Å²) in [6, 6.07) is 5.55. The number of hydrogen-bond donors (Lipinski definition) is 0. The normalized spacial score (nSPS) is 25.1. The van der Waals surface area contributed by atoms with Crippen LogP contribution in [0.15, 0.2) is 18.2 Å². The summed E-state index contributed by atoms with van der Waals surface area (Å²) >= 11 is 5.91. The van der Waals surface area contributed by atoms with Gasteiger partial charge in [0, 0.05) is 18.5 Å². The minimum Gasteiger partial charge on any atom is -0.366 e. The Morgan fingerprint density at radius 3 is 2.82 bits per heavy atom. The summed E-state index contributed by atoms with van der Waals surface area (Å²) in [5, 5.41) is 0. The zero-order valence-corrected chi connectivity index (χ0v) is 11.2. The van der Waals surface area contributed by atoms with E-state index in [2.05, 4.69) is 18.7 Å². The molecule has 1 aliphatic rings. The van der Waals surface area contributed by atoms with Crippen molar-refractivity contribution in [3.05, 3.63) is 29.6 Å². The molecule has 1 heterocycles. The summed E-state index contributed by atoms with van der Waals surface area (Å²) in [4.78, 5) is 2.17. The Morgan fingerprint density at radius 1 is 1.41 bits per heavy atom. The lowest BCUT2D eigenvalue weighted by atomic mass is 9.92. The Labute approximate surface area is 108 Å². The molecule has 2 unspecified atom stereocenters. The van der Waals surface area contributed by atoms with E-state index in [0.29, 0.717) is 17.6 Å². The van der Waals surface area contributed by atoms with Gasteiger partial charge in [0.25, 0.3) is 0 Å². The van der Waals surface area contributed by atoms with Crippen LogP contribution in [0.5, 0.6) is 0 Å². The van der Waals surface area contributed by atoms with Gasteiger partial charge in [-0.15, -0.1) is 11.6 Å². The van der Waals surface area contributed by atoms with E-state index in [-0.39, 0.29) is 5.82 Å². The minimum absolute atomic E-state index is 0.149. The van der Waals surface area contributed by atoms with E-state index >= 15 is 0 Å². The van der Waals surface area contributed by atoms with Crippen LogP contribution in [-0.4, -0.2) is 12.6 Å². The zero-order valence-electron chi connectivity index (χ0n) is 10.4. The summed E-state index contributed by atoms with van der Waals surface area (Å²) < 4.78 is 14.0. The molecule has 1 aromatic carbocycles. The molecule has 2 atom stereocenters. The van der Waals surface area contributed by atoms with Crippen molar-refractivity contribution in [3.8, 4) is 0 Å². The smallest absolute Gasteiger partial charge is 0.146 e. The second kappa shape index (κ2) is 5.26. The second-order valence-corrected chi connectivity index (χ2v) is 5.32. The summed E-state index contributed by atoms with van der Waals surface area (Å²) in [6.07, 6.45) is 2.25. The first-order valence-electron chi connectivity index (χ1n) is 6.23. The van der Waals surface area contributed by atoms with Gasteiger partial charge < -0.3 is 4.90 Å². The molecule has 0 amide bonds. The molecule has 17 heavy (non-hydrogen) atoms. The Morgan fingerprint density at radius 2 is 2.18 bits per heavy atom. The molecule has 1 nitrogen and oxygen atoms in total. The van der Waals surface area contributed by atoms with Gasteiger partial charge in [-0.2, -0.15) is 0 Å². The van der Waals surface area contributed by atoms with Crippen LogP contribution in [0.25, 0.3) is 0 Å². The van der Waals surface area contributed by atoms with Crippen molar-refractivity contribution < 1.29 is 4.39 Å². The first-order chi connectivity index (χ1) is 8.13. The Kier molecular flexibility index (Phi) is 3.93. The molecule has 1 aliphatic heterocycles. The standard InChI is InChI=1S/C14H19ClFN/c1-10-6-7-17(11(2)8-10)14-12(9-15)4-3-5-13(14)16/h3-5,10-11H,6-9H2,1-2H3. The molecular formula is C14H19ClFN. The van der Waals surface area contributed by atoms with E-state index in [9.17, 15) is 4.39 Å². The monoisotopic (exact) mass is 255 g/mol. The second-order valence-electron chi connectivity index (χ2n) is 5.05. The fraction of sp³-hybridized carbons (Fsp3) is 0.571. The Balaban J connectivity index is 2.33. The Hall–Kier alpha value is -0.760. The Bertz CT molecular complexity index is 394. The average Bonchev–Trinajstić information content (AvgIpc) is 2.30. The molecule has 1 saturated heterocycles. The number of rotatable bonds is 2. The van der Waals surface area contributed by atoms with E-state index in [1.54, 1.807) is 6.07 Å². The third-order valence-electron chi connectivity index (χ3n) is 3.64. The summed E-state index contributed by atoms with van der Waals surface area (Å²) in [7, 11) is 0. The van der Waals surface area contributed by atoms with Crippen LogP contribution in [0, 0.1) is 11.7 Å². The van der Waals surface area contributed by atoms with Gasteiger partial charge in [-0.1, -0.05) is 19.1 Å². The van der Waals surface area contributed by atoms with Crippen molar-refractivity contribution in [2.45, 2.75) is 38.6 Å². The van der Waals surface area contributed by atoms with Crippen LogP contribution in [0.2, 0.25) is 0 Å². The number of piperidine rings is 1. The molecule has 0 spiro atoms. The summed E-state index contributed by atoms with van der Waals surface area (Å²) in [5.74, 6) is 0.948. The van der Waals surface area contributed by atoms with Crippen molar-refractivity contribution in [3.63, 3.8) is 0 Å². The molecule has 0 saturated carbocycles. The number of benzene rings is 1. The SMILES string of the molecule is CC1CCN(c2c(F)cccc2CCl)C(C)C1. The van der Waals surface area contributed by atoms with Crippen molar-refractivity contribution >= 4 is 17.3 Å². The van der Waals surface area contributed by atoms with Crippen molar-refractivity contribution in [2.24, 2.45) is 5.92 Å². The molecule has 0 aromatic heterocycles. The molecule has 2 rings (SSSR count). The number of nitrogens with zero attached hydrogens (tertiary/aromatic N) is 1. The molecule has 1 aromatic rings. The first-order valence-corrected chi connectivity index (χ1v) is 6.77. The zero-order chi connectivity index (χ0) is 12.4. The largest absolute Gasteiger partial charge is 0.366 e. The predicted molar refractivity (Wildman–Crippen MR) is 71.2 cm³/mol. The fourth-order valence-corrected chi connectivity index (χ4v) is 2.94. The highest BCUT2D eigenvalue weighted by Gasteiger charge is 2.26. The van der Waals surface area contributed by atoms with Gasteiger partial charge in [0.05, 0.1) is 5.69 Å². The molecule has 0 radical (unpaired) electrons. The van der Waals surface area contributed by atoms with Crippen LogP contribution in [0.1, 0.15) is 32.3 Å². The van der Waals surface area contributed by atoms with Crippen molar-refractivity contribution in [1.29, 1.82) is 0 Å². The summed E-state index contributed by atoms with van der Waals surface area (Å²) in [5.41, 5.74) is 1.61. The van der Waals surface area contributed by atoms with Gasteiger partial charge in [0.1, 0.15) is 5.82 Å². The molecule has 1 fully saturated rings. The molecule has 0 bridgehead atoms. The van der Waals surface area contributed by atoms with Crippen LogP contribution < -0.4 is 4.90 Å². The van der Waals surface area contributed by atoms with Crippen LogP contribution in [-0.2, 0) is 5.88 Å². The topological polar surface area (TPSA) is 3.24 Å². The lowest BCUT2D eigenvalue weighted by Crippen LogP contribution is -2.41. The van der Waals surface area contributed by atoms with Crippen LogP contribution >= 0.6 is 11.6 Å². The highest BCUT2D eigenvalue weighted by Crippen LogP contribution is 2.32. The van der Waals surface area contributed by atoms with Gasteiger partial charge in [-0.05, 0) is 37.3 Å². The number of alkyl halides is 1. The third-order valence-corrected chi connectivity index (χ3v) is 3.93. The maximum absolute atomic E-state index is 14.0. The lowest BCUT2D eigenvalue weighted by Gasteiger charge is -2.39. The van der Waals surface area contributed by atoms with Gasteiger partial charge in [0.2, 0.25) is 0 Å². The minimum atomic E-state index is -0.149.